The highest BCUT2D eigenvalue weighted by atomic mass is 16.5. The second-order valence-corrected chi connectivity index (χ2v) is 4.29. The van der Waals surface area contributed by atoms with Gasteiger partial charge in [0.05, 0.1) is 12.7 Å². The Morgan fingerprint density at radius 1 is 1.11 bits per heavy atom. The highest BCUT2D eigenvalue weighted by Crippen LogP contribution is 2.14. The average Bonchev–Trinajstić information content (AvgIpc) is 2.42. The van der Waals surface area contributed by atoms with Gasteiger partial charge in [-0.05, 0) is 30.2 Å². The Bertz CT molecular complexity index is 387. The molecule has 0 fully saturated rings. The number of nitrogens with zero attached hydrogens (tertiary/aromatic N) is 1. The number of nitriles is 1. The van der Waals surface area contributed by atoms with Crippen LogP contribution in [-0.2, 0) is 0 Å². The highest BCUT2D eigenvalue weighted by Gasteiger charge is 1.94. The summed E-state index contributed by atoms with van der Waals surface area (Å²) in [6, 6.07) is 9.79. The summed E-state index contributed by atoms with van der Waals surface area (Å²) in [5.41, 5.74) is 1.02. The standard InChI is InChI=1S/C16H21NO/c1-2-3-4-5-6-14-18-16-11-9-15(10-12-16)8-7-13-17/h7-12H,2-6,14H2,1H3. The molecule has 0 radical (unpaired) electrons. The van der Waals surface area contributed by atoms with E-state index >= 15 is 0 Å². The number of allylic oxidation sites excluding steroid dienone is 1. The summed E-state index contributed by atoms with van der Waals surface area (Å²) < 4.78 is 5.66. The molecular weight excluding hydrogens is 222 g/mol. The topological polar surface area (TPSA) is 33.0 Å². The van der Waals surface area contributed by atoms with E-state index in [0.717, 1.165) is 24.3 Å². The third kappa shape index (κ3) is 6.10. The lowest BCUT2D eigenvalue weighted by atomic mass is 10.2. The third-order valence-corrected chi connectivity index (χ3v) is 2.75. The molecule has 0 atom stereocenters. The van der Waals surface area contributed by atoms with Crippen LogP contribution in [0.1, 0.15) is 44.6 Å². The van der Waals surface area contributed by atoms with Gasteiger partial charge >= 0.3 is 0 Å². The smallest absolute Gasteiger partial charge is 0.119 e. The van der Waals surface area contributed by atoms with Crippen LogP contribution in [0.4, 0.5) is 0 Å². The summed E-state index contributed by atoms with van der Waals surface area (Å²) in [7, 11) is 0. The molecule has 0 heterocycles. The van der Waals surface area contributed by atoms with E-state index in [1.165, 1.54) is 31.8 Å². The molecule has 0 spiro atoms. The first-order valence-electron chi connectivity index (χ1n) is 6.66. The van der Waals surface area contributed by atoms with Crippen LogP contribution in [0.5, 0.6) is 5.75 Å². The minimum Gasteiger partial charge on any atom is -0.494 e. The predicted molar refractivity (Wildman–Crippen MR) is 75.3 cm³/mol. The van der Waals surface area contributed by atoms with Crippen molar-refractivity contribution in [2.24, 2.45) is 0 Å². The summed E-state index contributed by atoms with van der Waals surface area (Å²) >= 11 is 0. The Morgan fingerprint density at radius 2 is 1.83 bits per heavy atom. The van der Waals surface area contributed by atoms with Gasteiger partial charge in [0.15, 0.2) is 0 Å². The monoisotopic (exact) mass is 243 g/mol. The van der Waals surface area contributed by atoms with Gasteiger partial charge in [0.1, 0.15) is 5.75 Å². The zero-order valence-corrected chi connectivity index (χ0v) is 11.1. The lowest BCUT2D eigenvalue weighted by Gasteiger charge is -2.06. The van der Waals surface area contributed by atoms with Gasteiger partial charge in [-0.1, -0.05) is 44.7 Å². The molecule has 0 aliphatic carbocycles. The molecule has 18 heavy (non-hydrogen) atoms. The van der Waals surface area contributed by atoms with E-state index in [0.29, 0.717) is 0 Å². The normalized spacial score (nSPS) is 10.4. The first-order valence-corrected chi connectivity index (χ1v) is 6.66. The minimum atomic E-state index is 0.789. The molecule has 2 heteroatoms. The van der Waals surface area contributed by atoms with E-state index < -0.39 is 0 Å². The first-order chi connectivity index (χ1) is 8.86. The Balaban J connectivity index is 2.23. The molecule has 0 saturated carbocycles. The molecule has 0 amide bonds. The van der Waals surface area contributed by atoms with Crippen LogP contribution < -0.4 is 4.74 Å². The van der Waals surface area contributed by atoms with Crippen molar-refractivity contribution in [1.29, 1.82) is 5.26 Å². The first kappa shape index (κ1) is 14.3. The Hall–Kier alpha value is -1.75. The van der Waals surface area contributed by atoms with E-state index in [9.17, 15) is 0 Å². The number of hydrogen-bond acceptors (Lipinski definition) is 2. The van der Waals surface area contributed by atoms with Crippen LogP contribution in [-0.4, -0.2) is 6.61 Å². The van der Waals surface area contributed by atoms with Crippen LogP contribution in [0.2, 0.25) is 0 Å². The molecule has 1 rings (SSSR count). The molecule has 0 N–H and O–H groups in total. The zero-order valence-electron chi connectivity index (χ0n) is 11.1. The van der Waals surface area contributed by atoms with Crippen LogP contribution in [0.3, 0.4) is 0 Å². The lowest BCUT2D eigenvalue weighted by molar-refractivity contribution is 0.304. The average molecular weight is 243 g/mol. The molecule has 0 unspecified atom stereocenters. The number of benzene rings is 1. The van der Waals surface area contributed by atoms with Gasteiger partial charge < -0.3 is 4.74 Å². The van der Waals surface area contributed by atoms with Crippen LogP contribution in [0.15, 0.2) is 30.3 Å². The second kappa shape index (κ2) is 9.30. The molecule has 96 valence electrons. The molecule has 1 aromatic carbocycles. The van der Waals surface area contributed by atoms with Gasteiger partial charge in [-0.15, -0.1) is 0 Å². The minimum absolute atomic E-state index is 0.789. The summed E-state index contributed by atoms with van der Waals surface area (Å²) in [6.45, 7) is 3.01. The molecule has 0 saturated heterocycles. The Kier molecular flexibility index (Phi) is 7.39. The van der Waals surface area contributed by atoms with E-state index in [2.05, 4.69) is 6.92 Å². The van der Waals surface area contributed by atoms with Crippen LogP contribution in [0, 0.1) is 11.3 Å². The van der Waals surface area contributed by atoms with Crippen molar-refractivity contribution in [2.45, 2.75) is 39.0 Å². The summed E-state index contributed by atoms with van der Waals surface area (Å²) in [5.74, 6) is 0.902. The van der Waals surface area contributed by atoms with E-state index in [4.69, 9.17) is 10.00 Å². The zero-order chi connectivity index (χ0) is 13.1. The van der Waals surface area contributed by atoms with Crippen LogP contribution >= 0.6 is 0 Å². The lowest BCUT2D eigenvalue weighted by Crippen LogP contribution is -1.97. The maximum absolute atomic E-state index is 8.43. The van der Waals surface area contributed by atoms with Gasteiger partial charge in [-0.2, -0.15) is 5.26 Å². The number of unbranched alkanes of at least 4 members (excludes halogenated alkanes) is 4. The SMILES string of the molecule is CCCCCCCOc1ccc(C=CC#N)cc1. The van der Waals surface area contributed by atoms with E-state index in [1.54, 1.807) is 6.08 Å². The Labute approximate surface area is 110 Å². The molecule has 0 bridgehead atoms. The van der Waals surface area contributed by atoms with Gasteiger partial charge in [-0.25, -0.2) is 0 Å². The van der Waals surface area contributed by atoms with Crippen molar-refractivity contribution in [1.82, 2.24) is 0 Å². The number of rotatable bonds is 8. The van der Waals surface area contributed by atoms with Crippen molar-refractivity contribution in [2.75, 3.05) is 6.61 Å². The molecule has 1 aromatic rings. The van der Waals surface area contributed by atoms with E-state index in [1.807, 2.05) is 30.3 Å². The van der Waals surface area contributed by atoms with Crippen molar-refractivity contribution >= 4 is 6.08 Å². The Morgan fingerprint density at radius 3 is 2.50 bits per heavy atom. The molecule has 0 aliphatic rings. The second-order valence-electron chi connectivity index (χ2n) is 4.29. The summed E-state index contributed by atoms with van der Waals surface area (Å²) in [5, 5.41) is 8.43. The third-order valence-electron chi connectivity index (χ3n) is 2.75. The van der Waals surface area contributed by atoms with Crippen molar-refractivity contribution in [3.05, 3.63) is 35.9 Å². The molecular formula is C16H21NO. The fraction of sp³-hybridized carbons (Fsp3) is 0.438. The van der Waals surface area contributed by atoms with E-state index in [-0.39, 0.29) is 0 Å². The number of hydrogen-bond donors (Lipinski definition) is 0. The van der Waals surface area contributed by atoms with Crippen molar-refractivity contribution in [3.8, 4) is 11.8 Å². The maximum Gasteiger partial charge on any atom is 0.119 e. The maximum atomic E-state index is 8.43. The summed E-state index contributed by atoms with van der Waals surface area (Å²) in [6.07, 6.45) is 9.53. The van der Waals surface area contributed by atoms with Crippen molar-refractivity contribution in [3.63, 3.8) is 0 Å². The van der Waals surface area contributed by atoms with Gasteiger partial charge in [0, 0.05) is 6.08 Å². The fourth-order valence-corrected chi connectivity index (χ4v) is 1.70. The molecule has 0 aliphatic heterocycles. The highest BCUT2D eigenvalue weighted by molar-refractivity contribution is 5.52. The number of ether oxygens (including phenoxy) is 1. The predicted octanol–water partition coefficient (Wildman–Crippen LogP) is 4.57. The van der Waals surface area contributed by atoms with Crippen LogP contribution in [0.25, 0.3) is 6.08 Å². The largest absolute Gasteiger partial charge is 0.494 e. The van der Waals surface area contributed by atoms with Crippen molar-refractivity contribution < 1.29 is 4.74 Å². The molecule has 2 nitrogen and oxygen atoms in total. The fourth-order valence-electron chi connectivity index (χ4n) is 1.70. The molecule has 0 aromatic heterocycles. The summed E-state index contributed by atoms with van der Waals surface area (Å²) in [4.78, 5) is 0. The quantitative estimate of drug-likeness (QED) is 0.495. The van der Waals surface area contributed by atoms with Gasteiger partial charge in [0.25, 0.3) is 0 Å². The van der Waals surface area contributed by atoms with Gasteiger partial charge in [-0.3, -0.25) is 0 Å². The van der Waals surface area contributed by atoms with Gasteiger partial charge in [0.2, 0.25) is 0 Å².